The SMILES string of the molecule is Cc1ccc(CC(=O)N[C@@H]2CCN(c3ccc(F)c(Cl)c3)C2)cn1. The fourth-order valence-electron chi connectivity index (χ4n) is 2.86. The summed E-state index contributed by atoms with van der Waals surface area (Å²) in [6.45, 7) is 3.41. The molecule has 1 amide bonds. The topological polar surface area (TPSA) is 45.2 Å². The molecule has 2 heterocycles. The van der Waals surface area contributed by atoms with E-state index in [1.807, 2.05) is 19.1 Å². The van der Waals surface area contributed by atoms with Crippen LogP contribution in [-0.4, -0.2) is 30.0 Å². The zero-order valence-corrected chi connectivity index (χ0v) is 14.2. The van der Waals surface area contributed by atoms with Crippen molar-refractivity contribution in [3.8, 4) is 0 Å². The highest BCUT2D eigenvalue weighted by Crippen LogP contribution is 2.25. The van der Waals surface area contributed by atoms with Crippen LogP contribution in [0.25, 0.3) is 0 Å². The highest BCUT2D eigenvalue weighted by molar-refractivity contribution is 6.31. The molecule has 0 unspecified atom stereocenters. The molecule has 1 aromatic carbocycles. The molecule has 1 fully saturated rings. The van der Waals surface area contributed by atoms with Crippen LogP contribution in [0.3, 0.4) is 0 Å². The number of aromatic nitrogens is 1. The zero-order valence-electron chi connectivity index (χ0n) is 13.4. The van der Waals surface area contributed by atoms with E-state index >= 15 is 0 Å². The molecule has 1 saturated heterocycles. The zero-order chi connectivity index (χ0) is 17.1. The number of hydrogen-bond donors (Lipinski definition) is 1. The molecule has 6 heteroatoms. The maximum absolute atomic E-state index is 13.3. The summed E-state index contributed by atoms with van der Waals surface area (Å²) >= 11 is 5.84. The second-order valence-electron chi connectivity index (χ2n) is 6.08. The lowest BCUT2D eigenvalue weighted by Gasteiger charge is -2.19. The minimum atomic E-state index is -0.420. The van der Waals surface area contributed by atoms with Crippen molar-refractivity contribution in [1.29, 1.82) is 0 Å². The van der Waals surface area contributed by atoms with Crippen LogP contribution in [0.2, 0.25) is 5.02 Å². The number of rotatable bonds is 4. The number of nitrogens with zero attached hydrogens (tertiary/aromatic N) is 2. The predicted octanol–water partition coefficient (Wildman–Crippen LogP) is 3.12. The van der Waals surface area contributed by atoms with Gasteiger partial charge in [0, 0.05) is 36.7 Å². The van der Waals surface area contributed by atoms with E-state index in [9.17, 15) is 9.18 Å². The van der Waals surface area contributed by atoms with Gasteiger partial charge in [0.15, 0.2) is 0 Å². The summed E-state index contributed by atoms with van der Waals surface area (Å²) in [7, 11) is 0. The van der Waals surface area contributed by atoms with Crippen molar-refractivity contribution >= 4 is 23.2 Å². The average molecular weight is 348 g/mol. The highest BCUT2D eigenvalue weighted by Gasteiger charge is 2.24. The fourth-order valence-corrected chi connectivity index (χ4v) is 3.04. The van der Waals surface area contributed by atoms with Crippen LogP contribution < -0.4 is 10.2 Å². The van der Waals surface area contributed by atoms with Crippen molar-refractivity contribution in [3.05, 3.63) is 58.6 Å². The summed E-state index contributed by atoms with van der Waals surface area (Å²) in [4.78, 5) is 18.5. The standard InChI is InChI=1S/C18H19ClFN3O/c1-12-2-3-13(10-21-12)8-18(24)22-14-6-7-23(11-14)15-4-5-17(20)16(19)9-15/h2-5,9-10,14H,6-8,11H2,1H3,(H,22,24)/t14-/m1/s1. The third-order valence-corrected chi connectivity index (χ3v) is 4.45. The molecule has 1 aromatic heterocycles. The lowest BCUT2D eigenvalue weighted by Crippen LogP contribution is -2.38. The van der Waals surface area contributed by atoms with Crippen LogP contribution in [0, 0.1) is 12.7 Å². The number of benzene rings is 1. The van der Waals surface area contributed by atoms with Crippen LogP contribution in [0.15, 0.2) is 36.5 Å². The predicted molar refractivity (Wildman–Crippen MR) is 92.8 cm³/mol. The summed E-state index contributed by atoms with van der Waals surface area (Å²) in [6, 6.07) is 8.61. The summed E-state index contributed by atoms with van der Waals surface area (Å²) in [5.74, 6) is -0.430. The molecule has 0 aliphatic carbocycles. The van der Waals surface area contributed by atoms with Crippen molar-refractivity contribution in [1.82, 2.24) is 10.3 Å². The maximum atomic E-state index is 13.3. The fraction of sp³-hybridized carbons (Fsp3) is 0.333. The first-order valence-electron chi connectivity index (χ1n) is 7.92. The second-order valence-corrected chi connectivity index (χ2v) is 6.49. The largest absolute Gasteiger partial charge is 0.369 e. The van der Waals surface area contributed by atoms with Gasteiger partial charge in [0.25, 0.3) is 0 Å². The lowest BCUT2D eigenvalue weighted by molar-refractivity contribution is -0.121. The number of pyridine rings is 1. The van der Waals surface area contributed by atoms with Gasteiger partial charge in [-0.15, -0.1) is 0 Å². The molecular weight excluding hydrogens is 329 g/mol. The lowest BCUT2D eigenvalue weighted by atomic mass is 10.1. The first kappa shape index (κ1) is 16.7. The van der Waals surface area contributed by atoms with Gasteiger partial charge in [-0.2, -0.15) is 0 Å². The number of nitrogens with one attached hydrogen (secondary N) is 1. The Morgan fingerprint density at radius 2 is 2.25 bits per heavy atom. The summed E-state index contributed by atoms with van der Waals surface area (Å²) in [6.07, 6.45) is 2.91. The molecule has 0 bridgehead atoms. The molecule has 3 rings (SSSR count). The van der Waals surface area contributed by atoms with E-state index in [1.54, 1.807) is 18.3 Å². The molecule has 1 aliphatic heterocycles. The Bertz CT molecular complexity index is 736. The Labute approximate surface area is 145 Å². The van der Waals surface area contributed by atoms with Gasteiger partial charge in [-0.3, -0.25) is 9.78 Å². The van der Waals surface area contributed by atoms with E-state index in [2.05, 4.69) is 15.2 Å². The van der Waals surface area contributed by atoms with Gasteiger partial charge in [-0.1, -0.05) is 17.7 Å². The minimum Gasteiger partial charge on any atom is -0.369 e. The van der Waals surface area contributed by atoms with E-state index in [0.29, 0.717) is 13.0 Å². The molecule has 24 heavy (non-hydrogen) atoms. The number of carbonyl (C=O) groups is 1. The van der Waals surface area contributed by atoms with E-state index in [1.165, 1.54) is 6.07 Å². The number of carbonyl (C=O) groups excluding carboxylic acids is 1. The first-order valence-corrected chi connectivity index (χ1v) is 8.30. The van der Waals surface area contributed by atoms with Gasteiger partial charge in [0.1, 0.15) is 5.82 Å². The first-order chi connectivity index (χ1) is 11.5. The normalized spacial score (nSPS) is 17.1. The van der Waals surface area contributed by atoms with Crippen LogP contribution in [0.5, 0.6) is 0 Å². The summed E-state index contributed by atoms with van der Waals surface area (Å²) in [5, 5.41) is 3.17. The third kappa shape index (κ3) is 4.03. The molecule has 0 saturated carbocycles. The summed E-state index contributed by atoms with van der Waals surface area (Å²) in [5.41, 5.74) is 2.71. The van der Waals surface area contributed by atoms with Crippen molar-refractivity contribution < 1.29 is 9.18 Å². The van der Waals surface area contributed by atoms with Crippen molar-refractivity contribution in [2.24, 2.45) is 0 Å². The van der Waals surface area contributed by atoms with Gasteiger partial charge in [-0.05, 0) is 43.2 Å². The van der Waals surface area contributed by atoms with Gasteiger partial charge in [0.2, 0.25) is 5.91 Å². The monoisotopic (exact) mass is 347 g/mol. The van der Waals surface area contributed by atoms with Crippen LogP contribution in [0.1, 0.15) is 17.7 Å². The quantitative estimate of drug-likeness (QED) is 0.924. The number of halogens is 2. The smallest absolute Gasteiger partial charge is 0.224 e. The molecule has 4 nitrogen and oxygen atoms in total. The molecule has 1 atom stereocenters. The number of amides is 1. The van der Waals surface area contributed by atoms with E-state index < -0.39 is 5.82 Å². The Kier molecular flexibility index (Phi) is 5.00. The van der Waals surface area contributed by atoms with E-state index in [4.69, 9.17) is 11.6 Å². The van der Waals surface area contributed by atoms with Crippen molar-refractivity contribution in [2.75, 3.05) is 18.0 Å². The third-order valence-electron chi connectivity index (χ3n) is 4.16. The van der Waals surface area contributed by atoms with Crippen LogP contribution in [0.4, 0.5) is 10.1 Å². The van der Waals surface area contributed by atoms with Crippen molar-refractivity contribution in [3.63, 3.8) is 0 Å². The van der Waals surface area contributed by atoms with Gasteiger partial charge >= 0.3 is 0 Å². The molecule has 0 spiro atoms. The van der Waals surface area contributed by atoms with Crippen LogP contribution >= 0.6 is 11.6 Å². The Morgan fingerprint density at radius 3 is 2.96 bits per heavy atom. The van der Waals surface area contributed by atoms with Crippen molar-refractivity contribution in [2.45, 2.75) is 25.8 Å². The molecular formula is C18H19ClFN3O. The van der Waals surface area contributed by atoms with Gasteiger partial charge < -0.3 is 10.2 Å². The molecule has 1 N–H and O–H groups in total. The molecule has 126 valence electrons. The van der Waals surface area contributed by atoms with Crippen LogP contribution in [-0.2, 0) is 11.2 Å². The Balaban J connectivity index is 1.54. The highest BCUT2D eigenvalue weighted by atomic mass is 35.5. The number of aryl methyl sites for hydroxylation is 1. The Hall–Kier alpha value is -2.14. The van der Waals surface area contributed by atoms with E-state index in [0.717, 1.165) is 29.9 Å². The average Bonchev–Trinajstić information content (AvgIpc) is 3.00. The number of anilines is 1. The maximum Gasteiger partial charge on any atom is 0.224 e. The van der Waals surface area contributed by atoms with Gasteiger partial charge in [0.05, 0.1) is 11.4 Å². The van der Waals surface area contributed by atoms with Gasteiger partial charge in [-0.25, -0.2) is 4.39 Å². The summed E-state index contributed by atoms with van der Waals surface area (Å²) < 4.78 is 13.3. The number of hydrogen-bond acceptors (Lipinski definition) is 3. The van der Waals surface area contributed by atoms with E-state index in [-0.39, 0.29) is 17.0 Å². The molecule has 1 aliphatic rings. The Morgan fingerprint density at radius 1 is 1.42 bits per heavy atom. The minimum absolute atomic E-state index is 0.00959. The second kappa shape index (κ2) is 7.18. The molecule has 2 aromatic rings. The molecule has 0 radical (unpaired) electrons.